The molecule has 1 atom stereocenters. The van der Waals surface area contributed by atoms with Crippen LogP contribution in [0.5, 0.6) is 0 Å². The first kappa shape index (κ1) is 12.6. The second-order valence-corrected chi connectivity index (χ2v) is 5.58. The van der Waals surface area contributed by atoms with Gasteiger partial charge in [-0.15, -0.1) is 0 Å². The Kier molecular flexibility index (Phi) is 5.19. The zero-order valence-corrected chi connectivity index (χ0v) is 10.6. The standard InChI is InChI=1S/C11H21N3S/c1-4-7-14-11(5-6-13-14)10(12)8-15-9(2)3/h5-6,9-10H,4,7-8,12H2,1-3H3. The predicted molar refractivity (Wildman–Crippen MR) is 67.0 cm³/mol. The Balaban J connectivity index is 2.56. The van der Waals surface area contributed by atoms with E-state index in [0.29, 0.717) is 5.25 Å². The summed E-state index contributed by atoms with van der Waals surface area (Å²) in [6, 6.07) is 2.13. The lowest BCUT2D eigenvalue weighted by Crippen LogP contribution is -2.19. The lowest BCUT2D eigenvalue weighted by Gasteiger charge is -2.14. The molecule has 0 fully saturated rings. The van der Waals surface area contributed by atoms with Crippen LogP contribution in [-0.2, 0) is 6.54 Å². The Labute approximate surface area is 96.4 Å². The summed E-state index contributed by atoms with van der Waals surface area (Å²) < 4.78 is 2.02. The van der Waals surface area contributed by atoms with Gasteiger partial charge in [-0.1, -0.05) is 20.8 Å². The molecule has 0 aliphatic heterocycles. The van der Waals surface area contributed by atoms with Gasteiger partial charge in [0.1, 0.15) is 0 Å². The topological polar surface area (TPSA) is 43.8 Å². The van der Waals surface area contributed by atoms with Crippen LogP contribution in [0.25, 0.3) is 0 Å². The van der Waals surface area contributed by atoms with Crippen LogP contribution in [0.15, 0.2) is 12.3 Å². The van der Waals surface area contributed by atoms with Gasteiger partial charge in [0.15, 0.2) is 0 Å². The van der Waals surface area contributed by atoms with Gasteiger partial charge in [-0.25, -0.2) is 0 Å². The van der Waals surface area contributed by atoms with E-state index in [4.69, 9.17) is 5.73 Å². The van der Waals surface area contributed by atoms with Gasteiger partial charge in [-0.3, -0.25) is 4.68 Å². The van der Waals surface area contributed by atoms with E-state index < -0.39 is 0 Å². The predicted octanol–water partition coefficient (Wildman–Crippen LogP) is 2.43. The Morgan fingerprint density at radius 3 is 2.87 bits per heavy atom. The Morgan fingerprint density at radius 1 is 1.53 bits per heavy atom. The molecule has 1 heterocycles. The van der Waals surface area contributed by atoms with E-state index in [2.05, 4.69) is 25.9 Å². The van der Waals surface area contributed by atoms with E-state index in [-0.39, 0.29) is 6.04 Å². The molecule has 1 aromatic heterocycles. The van der Waals surface area contributed by atoms with Crippen LogP contribution in [-0.4, -0.2) is 20.8 Å². The van der Waals surface area contributed by atoms with Gasteiger partial charge in [0.2, 0.25) is 0 Å². The largest absolute Gasteiger partial charge is 0.322 e. The molecular formula is C11H21N3S. The molecule has 4 heteroatoms. The van der Waals surface area contributed by atoms with E-state index >= 15 is 0 Å². The van der Waals surface area contributed by atoms with Crippen molar-refractivity contribution in [3.05, 3.63) is 18.0 Å². The summed E-state index contributed by atoms with van der Waals surface area (Å²) in [5.41, 5.74) is 7.29. The molecule has 0 bridgehead atoms. The van der Waals surface area contributed by atoms with Crippen molar-refractivity contribution in [2.24, 2.45) is 5.73 Å². The third-order valence-corrected chi connectivity index (χ3v) is 3.39. The van der Waals surface area contributed by atoms with Crippen LogP contribution in [0.3, 0.4) is 0 Å². The Hall–Kier alpha value is -0.480. The number of aromatic nitrogens is 2. The van der Waals surface area contributed by atoms with E-state index in [1.807, 2.05) is 28.7 Å². The van der Waals surface area contributed by atoms with Gasteiger partial charge < -0.3 is 5.73 Å². The van der Waals surface area contributed by atoms with Crippen molar-refractivity contribution in [3.63, 3.8) is 0 Å². The number of nitrogens with zero attached hydrogens (tertiary/aromatic N) is 2. The van der Waals surface area contributed by atoms with E-state index in [0.717, 1.165) is 24.4 Å². The van der Waals surface area contributed by atoms with E-state index in [1.54, 1.807) is 0 Å². The molecule has 0 amide bonds. The third kappa shape index (κ3) is 3.87. The van der Waals surface area contributed by atoms with Crippen molar-refractivity contribution in [2.75, 3.05) is 5.75 Å². The maximum absolute atomic E-state index is 6.14. The molecular weight excluding hydrogens is 206 g/mol. The maximum atomic E-state index is 6.14. The minimum atomic E-state index is 0.103. The SMILES string of the molecule is CCCn1nccc1C(N)CSC(C)C. The molecule has 1 aromatic rings. The summed E-state index contributed by atoms with van der Waals surface area (Å²) in [6.45, 7) is 7.50. The number of rotatable bonds is 6. The van der Waals surface area contributed by atoms with Crippen LogP contribution >= 0.6 is 11.8 Å². The lowest BCUT2D eigenvalue weighted by molar-refractivity contribution is 0.554. The molecule has 1 rings (SSSR count). The first-order chi connectivity index (χ1) is 7.15. The highest BCUT2D eigenvalue weighted by molar-refractivity contribution is 7.99. The quantitative estimate of drug-likeness (QED) is 0.811. The molecule has 2 N–H and O–H groups in total. The molecule has 1 unspecified atom stereocenters. The van der Waals surface area contributed by atoms with Crippen molar-refractivity contribution in [2.45, 2.75) is 45.0 Å². The molecule has 0 spiro atoms. The van der Waals surface area contributed by atoms with Crippen molar-refractivity contribution in [1.82, 2.24) is 9.78 Å². The van der Waals surface area contributed by atoms with Crippen LogP contribution in [0, 0.1) is 0 Å². The van der Waals surface area contributed by atoms with Gasteiger partial charge in [-0.05, 0) is 17.7 Å². The summed E-state index contributed by atoms with van der Waals surface area (Å²) in [6.07, 6.45) is 2.93. The first-order valence-corrected chi connectivity index (χ1v) is 6.59. The Morgan fingerprint density at radius 2 is 2.27 bits per heavy atom. The van der Waals surface area contributed by atoms with Gasteiger partial charge >= 0.3 is 0 Å². The molecule has 0 aromatic carbocycles. The van der Waals surface area contributed by atoms with Gasteiger partial charge in [0.25, 0.3) is 0 Å². The monoisotopic (exact) mass is 227 g/mol. The Bertz CT molecular complexity index is 283. The van der Waals surface area contributed by atoms with Crippen LogP contribution in [0.1, 0.15) is 38.9 Å². The normalized spacial score (nSPS) is 13.4. The fourth-order valence-corrected chi connectivity index (χ4v) is 2.20. The average molecular weight is 227 g/mol. The fourth-order valence-electron chi connectivity index (χ4n) is 1.44. The summed E-state index contributed by atoms with van der Waals surface area (Å²) in [5.74, 6) is 0.965. The second kappa shape index (κ2) is 6.18. The number of hydrogen-bond acceptors (Lipinski definition) is 3. The summed E-state index contributed by atoms with van der Waals surface area (Å²) in [5, 5.41) is 4.92. The minimum absolute atomic E-state index is 0.103. The highest BCUT2D eigenvalue weighted by Gasteiger charge is 2.11. The van der Waals surface area contributed by atoms with Crippen molar-refractivity contribution < 1.29 is 0 Å². The molecule has 15 heavy (non-hydrogen) atoms. The molecule has 0 aliphatic carbocycles. The molecule has 0 saturated heterocycles. The average Bonchev–Trinajstić information content (AvgIpc) is 2.63. The first-order valence-electron chi connectivity index (χ1n) is 5.54. The summed E-state index contributed by atoms with van der Waals surface area (Å²) in [7, 11) is 0. The second-order valence-electron chi connectivity index (χ2n) is 3.97. The molecule has 86 valence electrons. The van der Waals surface area contributed by atoms with Crippen molar-refractivity contribution in [1.29, 1.82) is 0 Å². The number of aryl methyl sites for hydroxylation is 1. The van der Waals surface area contributed by atoms with Crippen LogP contribution in [0.4, 0.5) is 0 Å². The van der Waals surface area contributed by atoms with E-state index in [9.17, 15) is 0 Å². The zero-order chi connectivity index (χ0) is 11.3. The smallest absolute Gasteiger partial charge is 0.0559 e. The summed E-state index contributed by atoms with van der Waals surface area (Å²) in [4.78, 5) is 0. The van der Waals surface area contributed by atoms with Crippen LogP contribution in [0.2, 0.25) is 0 Å². The molecule has 0 aliphatic rings. The van der Waals surface area contributed by atoms with Crippen LogP contribution < -0.4 is 5.73 Å². The van der Waals surface area contributed by atoms with Gasteiger partial charge in [0.05, 0.1) is 11.7 Å². The third-order valence-electron chi connectivity index (χ3n) is 2.17. The lowest BCUT2D eigenvalue weighted by atomic mass is 10.2. The van der Waals surface area contributed by atoms with Gasteiger partial charge in [0, 0.05) is 18.5 Å². The number of hydrogen-bond donors (Lipinski definition) is 1. The van der Waals surface area contributed by atoms with Crippen molar-refractivity contribution in [3.8, 4) is 0 Å². The number of nitrogens with two attached hydrogens (primary N) is 1. The highest BCUT2D eigenvalue weighted by Crippen LogP contribution is 2.19. The molecule has 0 saturated carbocycles. The number of thioether (sulfide) groups is 1. The van der Waals surface area contributed by atoms with Crippen molar-refractivity contribution >= 4 is 11.8 Å². The summed E-state index contributed by atoms with van der Waals surface area (Å²) >= 11 is 1.90. The molecule has 3 nitrogen and oxygen atoms in total. The van der Waals surface area contributed by atoms with Gasteiger partial charge in [-0.2, -0.15) is 16.9 Å². The fraction of sp³-hybridized carbons (Fsp3) is 0.727. The maximum Gasteiger partial charge on any atom is 0.0559 e. The minimum Gasteiger partial charge on any atom is -0.322 e. The molecule has 0 radical (unpaired) electrons. The zero-order valence-electron chi connectivity index (χ0n) is 9.81. The van der Waals surface area contributed by atoms with E-state index in [1.165, 1.54) is 0 Å². The highest BCUT2D eigenvalue weighted by atomic mass is 32.2.